The molecule has 11 heteroatoms. The Balaban J connectivity index is 1.34. The largest absolute Gasteiger partial charge is 0.381 e. The predicted octanol–water partition coefficient (Wildman–Crippen LogP) is 4.39. The molecule has 4 heterocycles. The highest BCUT2D eigenvalue weighted by Crippen LogP contribution is 2.35. The second kappa shape index (κ2) is 8.64. The van der Waals surface area contributed by atoms with Crippen molar-refractivity contribution in [3.63, 3.8) is 0 Å². The number of hydrogen-bond donors (Lipinski definition) is 1. The van der Waals surface area contributed by atoms with E-state index in [0.717, 1.165) is 6.07 Å². The van der Waals surface area contributed by atoms with E-state index in [2.05, 4.69) is 15.3 Å². The van der Waals surface area contributed by atoms with Crippen LogP contribution < -0.4 is 5.32 Å². The lowest BCUT2D eigenvalue weighted by Gasteiger charge is -2.24. The Morgan fingerprint density at radius 1 is 1.15 bits per heavy atom. The first-order chi connectivity index (χ1) is 15.8. The number of amides is 2. The molecule has 3 aliphatic heterocycles. The van der Waals surface area contributed by atoms with E-state index in [1.165, 1.54) is 12.1 Å². The van der Waals surface area contributed by atoms with Crippen molar-refractivity contribution < 1.29 is 22.7 Å². The van der Waals surface area contributed by atoms with Crippen molar-refractivity contribution in [1.29, 1.82) is 0 Å². The van der Waals surface area contributed by atoms with Gasteiger partial charge in [-0.2, -0.15) is 0 Å². The second-order valence-corrected chi connectivity index (χ2v) is 9.12. The van der Waals surface area contributed by atoms with Gasteiger partial charge in [0.1, 0.15) is 11.6 Å². The number of hydrogen-bond acceptors (Lipinski definition) is 5. The van der Waals surface area contributed by atoms with Gasteiger partial charge in [-0.1, -0.05) is 18.2 Å². The molecule has 2 fully saturated rings. The zero-order chi connectivity index (χ0) is 23.3. The number of aromatic nitrogens is 2. The molecule has 0 unspecified atom stereocenters. The van der Waals surface area contributed by atoms with E-state index in [0.29, 0.717) is 55.2 Å². The van der Waals surface area contributed by atoms with Crippen LogP contribution in [0.4, 0.5) is 23.8 Å². The van der Waals surface area contributed by atoms with Crippen molar-refractivity contribution in [1.82, 2.24) is 19.8 Å². The number of rotatable bonds is 4. The molecule has 7 nitrogen and oxygen atoms in total. The first kappa shape index (κ1) is 22.2. The summed E-state index contributed by atoms with van der Waals surface area (Å²) in [6, 6.07) is 3.17. The molecule has 2 aromatic rings. The molecule has 33 heavy (non-hydrogen) atoms. The molecule has 1 N–H and O–H groups in total. The molecule has 1 aromatic carbocycles. The second-order valence-electron chi connectivity index (χ2n) is 8.78. The zero-order valence-electron chi connectivity index (χ0n) is 17.9. The summed E-state index contributed by atoms with van der Waals surface area (Å²) in [7, 11) is 0. The van der Waals surface area contributed by atoms with Gasteiger partial charge in [0.15, 0.2) is 0 Å². The number of alkyl halides is 2. The highest BCUT2D eigenvalue weighted by atomic mass is 35.5. The molecular formula is C22H23ClF3N5O2. The molecule has 0 aliphatic carbocycles. The molecule has 1 aromatic heterocycles. The number of carbonyl (C=O) groups is 1. The number of likely N-dealkylation sites (tertiary alicyclic amines) is 1. The van der Waals surface area contributed by atoms with Crippen molar-refractivity contribution in [3.8, 4) is 0 Å². The van der Waals surface area contributed by atoms with Gasteiger partial charge in [-0.25, -0.2) is 27.9 Å². The predicted molar refractivity (Wildman–Crippen MR) is 114 cm³/mol. The monoisotopic (exact) mass is 481 g/mol. The quantitative estimate of drug-likeness (QED) is 0.656. The minimum absolute atomic E-state index is 0.00703. The number of nitrogens with zero attached hydrogens (tertiary/aromatic N) is 4. The Bertz CT molecular complexity index is 1080. The summed E-state index contributed by atoms with van der Waals surface area (Å²) in [5, 5.41) is 3.07. The van der Waals surface area contributed by atoms with Gasteiger partial charge in [-0.15, -0.1) is 0 Å². The number of ether oxygens (including phenoxy) is 1. The van der Waals surface area contributed by atoms with E-state index < -0.39 is 23.8 Å². The minimum atomic E-state index is -2.91. The SMILES string of the molecule is C[C@@H](Nc1nc(Cl)nc2c1CN(C(=O)N1C[C@H]3COC[C@H]3C1)C2)c1cccc(C(F)F)c1F. The fourth-order valence-electron chi connectivity index (χ4n) is 4.88. The third kappa shape index (κ3) is 4.10. The fourth-order valence-corrected chi connectivity index (χ4v) is 5.06. The molecular weight excluding hydrogens is 459 g/mol. The molecule has 0 bridgehead atoms. The molecule has 2 saturated heterocycles. The Labute approximate surface area is 193 Å². The lowest BCUT2D eigenvalue weighted by atomic mass is 10.0. The van der Waals surface area contributed by atoms with Crippen LogP contribution >= 0.6 is 11.6 Å². The van der Waals surface area contributed by atoms with E-state index >= 15 is 0 Å². The summed E-state index contributed by atoms with van der Waals surface area (Å²) >= 11 is 6.11. The van der Waals surface area contributed by atoms with Gasteiger partial charge >= 0.3 is 6.03 Å². The molecule has 3 aliphatic rings. The summed E-state index contributed by atoms with van der Waals surface area (Å²) in [5.41, 5.74) is 0.744. The smallest absolute Gasteiger partial charge is 0.320 e. The van der Waals surface area contributed by atoms with Crippen LogP contribution in [0.25, 0.3) is 0 Å². The molecule has 2 amide bonds. The van der Waals surface area contributed by atoms with Crippen LogP contribution in [0.1, 0.15) is 41.8 Å². The number of benzene rings is 1. The van der Waals surface area contributed by atoms with Crippen LogP contribution in [-0.2, 0) is 17.8 Å². The third-order valence-electron chi connectivity index (χ3n) is 6.65. The number of urea groups is 1. The number of nitrogens with one attached hydrogen (secondary N) is 1. The number of fused-ring (bicyclic) bond motifs is 2. The topological polar surface area (TPSA) is 70.6 Å². The standard InChI is InChI=1S/C22H23ClF3N5O2/c1-11(14-3-2-4-15(18(14)24)19(25)26)27-20-16-7-31(8-17(16)28-21(23)29-20)22(32)30-5-12-9-33-10-13(12)6-30/h2-4,11-13,19H,5-10H2,1H3,(H,27,28,29)/t11-,12-,13+/m1/s1. The Morgan fingerprint density at radius 3 is 2.55 bits per heavy atom. The van der Waals surface area contributed by atoms with Crippen LogP contribution in [0, 0.1) is 17.7 Å². The van der Waals surface area contributed by atoms with Crippen LogP contribution in [-0.4, -0.2) is 52.1 Å². The minimum Gasteiger partial charge on any atom is -0.381 e. The van der Waals surface area contributed by atoms with Crippen molar-refractivity contribution >= 4 is 23.4 Å². The van der Waals surface area contributed by atoms with E-state index in [9.17, 15) is 18.0 Å². The van der Waals surface area contributed by atoms with Gasteiger partial charge in [0.2, 0.25) is 5.28 Å². The molecule has 0 radical (unpaired) electrons. The van der Waals surface area contributed by atoms with Gasteiger partial charge in [-0.05, 0) is 18.5 Å². The maximum atomic E-state index is 14.6. The summed E-state index contributed by atoms with van der Waals surface area (Å²) < 4.78 is 46.3. The first-order valence-corrected chi connectivity index (χ1v) is 11.2. The average molecular weight is 482 g/mol. The van der Waals surface area contributed by atoms with Crippen LogP contribution in [0.5, 0.6) is 0 Å². The maximum absolute atomic E-state index is 14.6. The van der Waals surface area contributed by atoms with E-state index in [1.807, 2.05) is 4.90 Å². The molecule has 0 spiro atoms. The molecule has 0 saturated carbocycles. The number of halogens is 4. The summed E-state index contributed by atoms with van der Waals surface area (Å²) in [6.07, 6.45) is -2.91. The summed E-state index contributed by atoms with van der Waals surface area (Å²) in [6.45, 7) is 4.93. The number of carbonyl (C=O) groups excluding carboxylic acids is 1. The Kier molecular flexibility index (Phi) is 5.82. The molecule has 3 atom stereocenters. The van der Waals surface area contributed by atoms with Crippen LogP contribution in [0.2, 0.25) is 5.28 Å². The lowest BCUT2D eigenvalue weighted by Crippen LogP contribution is -2.40. The van der Waals surface area contributed by atoms with Crippen molar-refractivity contribution in [2.24, 2.45) is 11.8 Å². The van der Waals surface area contributed by atoms with E-state index in [4.69, 9.17) is 16.3 Å². The summed E-state index contributed by atoms with van der Waals surface area (Å²) in [5.74, 6) is 0.168. The normalized spacial score (nSPS) is 22.6. The van der Waals surface area contributed by atoms with Gasteiger partial charge in [-0.3, -0.25) is 0 Å². The van der Waals surface area contributed by atoms with Gasteiger partial charge in [0.25, 0.3) is 6.43 Å². The van der Waals surface area contributed by atoms with Crippen molar-refractivity contribution in [2.45, 2.75) is 32.5 Å². The van der Waals surface area contributed by atoms with Crippen LogP contribution in [0.15, 0.2) is 18.2 Å². The maximum Gasteiger partial charge on any atom is 0.320 e. The number of anilines is 1. The average Bonchev–Trinajstić information content (AvgIpc) is 3.47. The molecule has 176 valence electrons. The molecule has 5 rings (SSSR count). The summed E-state index contributed by atoms with van der Waals surface area (Å²) in [4.78, 5) is 25.2. The van der Waals surface area contributed by atoms with Gasteiger partial charge in [0.05, 0.1) is 43.6 Å². The van der Waals surface area contributed by atoms with E-state index in [-0.39, 0.29) is 30.0 Å². The Hall–Kier alpha value is -2.59. The van der Waals surface area contributed by atoms with E-state index in [1.54, 1.807) is 11.8 Å². The highest BCUT2D eigenvalue weighted by molar-refractivity contribution is 6.28. The fraction of sp³-hybridized carbons (Fsp3) is 0.500. The zero-order valence-corrected chi connectivity index (χ0v) is 18.7. The lowest BCUT2D eigenvalue weighted by molar-refractivity contribution is 0.136. The third-order valence-corrected chi connectivity index (χ3v) is 6.82. The first-order valence-electron chi connectivity index (χ1n) is 10.8. The highest BCUT2D eigenvalue weighted by Gasteiger charge is 2.41. The van der Waals surface area contributed by atoms with Gasteiger partial charge in [0, 0.05) is 36.1 Å². The van der Waals surface area contributed by atoms with Gasteiger partial charge < -0.3 is 19.9 Å². The van der Waals surface area contributed by atoms with Crippen LogP contribution in [0.3, 0.4) is 0 Å². The van der Waals surface area contributed by atoms with Crippen molar-refractivity contribution in [2.75, 3.05) is 31.6 Å². The van der Waals surface area contributed by atoms with Crippen molar-refractivity contribution in [3.05, 3.63) is 51.7 Å². The Morgan fingerprint density at radius 2 is 1.85 bits per heavy atom.